The lowest BCUT2D eigenvalue weighted by Gasteiger charge is -2.16. The molecule has 1 unspecified atom stereocenters. The molecule has 0 aliphatic carbocycles. The lowest BCUT2D eigenvalue weighted by molar-refractivity contribution is -0.118. The predicted octanol–water partition coefficient (Wildman–Crippen LogP) is 1.64. The molecule has 2 N–H and O–H groups in total. The quantitative estimate of drug-likeness (QED) is 0.810. The number of hydrogen-bond acceptors (Lipinski definition) is 2. The highest BCUT2D eigenvalue weighted by molar-refractivity contribution is 5.87. The topological polar surface area (TPSA) is 58.2 Å². The van der Waals surface area contributed by atoms with Crippen molar-refractivity contribution in [2.24, 2.45) is 0 Å². The van der Waals surface area contributed by atoms with Crippen LogP contribution in [0.15, 0.2) is 30.3 Å². The average Bonchev–Trinajstić information content (AvgIpc) is 2.27. The third kappa shape index (κ3) is 3.38. The van der Waals surface area contributed by atoms with Crippen molar-refractivity contribution in [1.82, 2.24) is 10.6 Å². The Morgan fingerprint density at radius 3 is 2.38 bits per heavy atom. The van der Waals surface area contributed by atoms with Gasteiger partial charge in [-0.05, 0) is 19.4 Å². The van der Waals surface area contributed by atoms with Gasteiger partial charge in [0.15, 0.2) is 5.78 Å². The van der Waals surface area contributed by atoms with Gasteiger partial charge in [0.1, 0.15) is 6.04 Å². The molecule has 0 bridgehead atoms. The molecule has 0 aliphatic rings. The number of carbonyl (C=O) groups is 2. The van der Waals surface area contributed by atoms with E-state index in [9.17, 15) is 9.59 Å². The van der Waals surface area contributed by atoms with E-state index in [4.69, 9.17) is 0 Å². The van der Waals surface area contributed by atoms with Crippen molar-refractivity contribution in [3.63, 3.8) is 0 Å². The molecule has 4 nitrogen and oxygen atoms in total. The van der Waals surface area contributed by atoms with Crippen molar-refractivity contribution >= 4 is 11.8 Å². The Labute approximate surface area is 95.0 Å². The normalized spacial score (nSPS) is 11.6. The van der Waals surface area contributed by atoms with Crippen LogP contribution in [0.5, 0.6) is 0 Å². The van der Waals surface area contributed by atoms with Crippen molar-refractivity contribution < 1.29 is 9.59 Å². The zero-order valence-electron chi connectivity index (χ0n) is 9.49. The summed E-state index contributed by atoms with van der Waals surface area (Å²) in [6, 6.07) is 8.28. The molecule has 0 spiro atoms. The molecule has 0 aliphatic heterocycles. The Morgan fingerprint density at radius 1 is 1.25 bits per heavy atom. The third-order valence-electron chi connectivity index (χ3n) is 2.15. The first kappa shape index (κ1) is 12.2. The minimum absolute atomic E-state index is 0.0857. The molecule has 2 amide bonds. The summed E-state index contributed by atoms with van der Waals surface area (Å²) in [6.07, 6.45) is 0. The lowest BCUT2D eigenvalue weighted by atomic mass is 10.0. The number of hydrogen-bond donors (Lipinski definition) is 2. The van der Waals surface area contributed by atoms with Gasteiger partial charge < -0.3 is 10.6 Å². The fourth-order valence-electron chi connectivity index (χ4n) is 1.41. The summed E-state index contributed by atoms with van der Waals surface area (Å²) < 4.78 is 0. The predicted molar refractivity (Wildman–Crippen MR) is 62.1 cm³/mol. The number of amides is 2. The van der Waals surface area contributed by atoms with E-state index < -0.39 is 6.04 Å². The largest absolute Gasteiger partial charge is 0.338 e. The number of nitrogens with one attached hydrogen (secondary N) is 2. The van der Waals surface area contributed by atoms with Gasteiger partial charge in [-0.15, -0.1) is 0 Å². The number of Topliss-reactive ketones (excluding diaryl/α,β-unsaturated/α-hetero) is 1. The second kappa shape index (κ2) is 5.90. The molecule has 0 radical (unpaired) electrons. The maximum Gasteiger partial charge on any atom is 0.315 e. The van der Waals surface area contributed by atoms with Crippen LogP contribution in [0, 0.1) is 0 Å². The van der Waals surface area contributed by atoms with Gasteiger partial charge in [0.25, 0.3) is 0 Å². The maximum atomic E-state index is 11.4. The van der Waals surface area contributed by atoms with Gasteiger partial charge in [-0.1, -0.05) is 30.3 Å². The Hall–Kier alpha value is -1.84. The third-order valence-corrected chi connectivity index (χ3v) is 2.15. The van der Waals surface area contributed by atoms with E-state index in [1.165, 1.54) is 6.92 Å². The van der Waals surface area contributed by atoms with Crippen molar-refractivity contribution in [2.45, 2.75) is 19.9 Å². The molecule has 1 rings (SSSR count). The summed E-state index contributed by atoms with van der Waals surface area (Å²) in [5, 5.41) is 5.23. The zero-order valence-corrected chi connectivity index (χ0v) is 9.49. The van der Waals surface area contributed by atoms with Crippen molar-refractivity contribution in [3.8, 4) is 0 Å². The van der Waals surface area contributed by atoms with Crippen LogP contribution in [-0.2, 0) is 4.79 Å². The Balaban J connectivity index is 2.77. The Bertz CT molecular complexity index is 363. The monoisotopic (exact) mass is 220 g/mol. The van der Waals surface area contributed by atoms with Crippen LogP contribution in [0.1, 0.15) is 25.5 Å². The van der Waals surface area contributed by atoms with Crippen LogP contribution in [0.2, 0.25) is 0 Å². The molecule has 1 aromatic carbocycles. The standard InChI is InChI=1S/C12H16N2O2/c1-3-13-12(16)14-11(9(2)15)10-7-5-4-6-8-10/h4-8,11H,3H2,1-2H3,(H2,13,14,16). The molecule has 0 saturated heterocycles. The fourth-order valence-corrected chi connectivity index (χ4v) is 1.41. The van der Waals surface area contributed by atoms with E-state index in [1.54, 1.807) is 0 Å². The zero-order chi connectivity index (χ0) is 12.0. The molecule has 0 saturated carbocycles. The van der Waals surface area contributed by atoms with Crippen molar-refractivity contribution in [3.05, 3.63) is 35.9 Å². The van der Waals surface area contributed by atoms with Crippen LogP contribution in [-0.4, -0.2) is 18.4 Å². The SMILES string of the molecule is CCNC(=O)NC(C(C)=O)c1ccccc1. The first-order valence-corrected chi connectivity index (χ1v) is 5.25. The highest BCUT2D eigenvalue weighted by Crippen LogP contribution is 2.12. The number of benzene rings is 1. The summed E-state index contributed by atoms with van der Waals surface area (Å²) in [5.74, 6) is -0.0857. The molecule has 0 heterocycles. The Morgan fingerprint density at radius 2 is 1.88 bits per heavy atom. The molecular weight excluding hydrogens is 204 g/mol. The number of rotatable bonds is 4. The van der Waals surface area contributed by atoms with Crippen LogP contribution in [0.25, 0.3) is 0 Å². The minimum Gasteiger partial charge on any atom is -0.338 e. The van der Waals surface area contributed by atoms with Gasteiger partial charge in [0, 0.05) is 6.54 Å². The first-order chi connectivity index (χ1) is 7.65. The summed E-state index contributed by atoms with van der Waals surface area (Å²) >= 11 is 0. The van der Waals surface area contributed by atoms with E-state index in [2.05, 4.69) is 10.6 Å². The summed E-state index contributed by atoms with van der Waals surface area (Å²) in [4.78, 5) is 22.8. The molecule has 0 aromatic heterocycles. The minimum atomic E-state index is -0.576. The van der Waals surface area contributed by atoms with Gasteiger partial charge in [-0.2, -0.15) is 0 Å². The van der Waals surface area contributed by atoms with Gasteiger partial charge in [0.2, 0.25) is 0 Å². The number of carbonyl (C=O) groups excluding carboxylic acids is 2. The molecular formula is C12H16N2O2. The summed E-state index contributed by atoms with van der Waals surface area (Å²) in [7, 11) is 0. The van der Waals surface area contributed by atoms with Crippen molar-refractivity contribution in [2.75, 3.05) is 6.54 Å². The van der Waals surface area contributed by atoms with Crippen LogP contribution in [0.3, 0.4) is 0 Å². The highest BCUT2D eigenvalue weighted by atomic mass is 16.2. The molecule has 1 aromatic rings. The van der Waals surface area contributed by atoms with Crippen molar-refractivity contribution in [1.29, 1.82) is 0 Å². The highest BCUT2D eigenvalue weighted by Gasteiger charge is 2.18. The number of urea groups is 1. The first-order valence-electron chi connectivity index (χ1n) is 5.25. The molecule has 86 valence electrons. The Kier molecular flexibility index (Phi) is 4.51. The lowest BCUT2D eigenvalue weighted by Crippen LogP contribution is -2.40. The molecule has 16 heavy (non-hydrogen) atoms. The van der Waals surface area contributed by atoms with E-state index in [0.717, 1.165) is 5.56 Å². The summed E-state index contributed by atoms with van der Waals surface area (Å²) in [6.45, 7) is 3.82. The summed E-state index contributed by atoms with van der Waals surface area (Å²) in [5.41, 5.74) is 0.793. The second-order valence-electron chi connectivity index (χ2n) is 3.46. The van der Waals surface area contributed by atoms with Crippen LogP contribution < -0.4 is 10.6 Å². The number of ketones is 1. The molecule has 1 atom stereocenters. The molecule has 0 fully saturated rings. The van der Waals surface area contributed by atoms with Gasteiger partial charge in [-0.3, -0.25) is 4.79 Å². The van der Waals surface area contributed by atoms with E-state index >= 15 is 0 Å². The van der Waals surface area contributed by atoms with E-state index in [1.807, 2.05) is 37.3 Å². The smallest absolute Gasteiger partial charge is 0.315 e. The second-order valence-corrected chi connectivity index (χ2v) is 3.46. The van der Waals surface area contributed by atoms with Crippen LogP contribution >= 0.6 is 0 Å². The average molecular weight is 220 g/mol. The van der Waals surface area contributed by atoms with Gasteiger partial charge in [0.05, 0.1) is 0 Å². The van der Waals surface area contributed by atoms with Gasteiger partial charge in [-0.25, -0.2) is 4.79 Å². The fraction of sp³-hybridized carbons (Fsp3) is 0.333. The van der Waals surface area contributed by atoms with Crippen LogP contribution in [0.4, 0.5) is 4.79 Å². The van der Waals surface area contributed by atoms with Gasteiger partial charge >= 0.3 is 6.03 Å². The molecule has 4 heteroatoms. The van der Waals surface area contributed by atoms with E-state index in [-0.39, 0.29) is 11.8 Å². The van der Waals surface area contributed by atoms with E-state index in [0.29, 0.717) is 6.54 Å². The maximum absolute atomic E-state index is 11.4.